The van der Waals surface area contributed by atoms with Crippen LogP contribution in [-0.2, 0) is 6.42 Å². The van der Waals surface area contributed by atoms with E-state index in [4.69, 9.17) is 10.8 Å². The van der Waals surface area contributed by atoms with Crippen LogP contribution < -0.4 is 5.73 Å². The number of rotatable bonds is 6. The molecule has 0 saturated heterocycles. The fourth-order valence-corrected chi connectivity index (χ4v) is 1.80. The smallest absolute Gasteiger partial charge is 0.254 e. The van der Waals surface area contributed by atoms with E-state index in [0.29, 0.717) is 24.5 Å². The number of hydrogen-bond donors (Lipinski definition) is 2. The van der Waals surface area contributed by atoms with Gasteiger partial charge in [0, 0.05) is 24.3 Å². The summed E-state index contributed by atoms with van der Waals surface area (Å²) in [4.78, 5) is 18.1. The molecule has 5 heteroatoms. The first kappa shape index (κ1) is 14.4. The van der Waals surface area contributed by atoms with Crippen molar-refractivity contribution in [2.75, 3.05) is 25.4 Å². The van der Waals surface area contributed by atoms with E-state index in [1.165, 1.54) is 0 Å². The molecule has 0 saturated carbocycles. The van der Waals surface area contributed by atoms with Gasteiger partial charge in [0.05, 0.1) is 6.61 Å². The van der Waals surface area contributed by atoms with Crippen molar-refractivity contribution < 1.29 is 9.90 Å². The predicted octanol–water partition coefficient (Wildman–Crippen LogP) is 1.07. The van der Waals surface area contributed by atoms with Gasteiger partial charge in [0.2, 0.25) is 0 Å². The first-order chi connectivity index (χ1) is 8.62. The highest BCUT2D eigenvalue weighted by Gasteiger charge is 2.15. The molecule has 1 aromatic heterocycles. The van der Waals surface area contributed by atoms with E-state index in [1.807, 2.05) is 13.8 Å². The highest BCUT2D eigenvalue weighted by Crippen LogP contribution is 2.11. The molecule has 1 aromatic rings. The van der Waals surface area contributed by atoms with E-state index in [1.54, 1.807) is 17.0 Å². The number of aliphatic hydroxyl groups excluding tert-OH is 1. The third-order valence-corrected chi connectivity index (χ3v) is 2.66. The fraction of sp³-hybridized carbons (Fsp3) is 0.538. The van der Waals surface area contributed by atoms with Crippen molar-refractivity contribution in [3.8, 4) is 0 Å². The number of aryl methyl sites for hydroxylation is 1. The van der Waals surface area contributed by atoms with Crippen molar-refractivity contribution >= 4 is 11.7 Å². The van der Waals surface area contributed by atoms with Gasteiger partial charge < -0.3 is 15.7 Å². The lowest BCUT2D eigenvalue weighted by Gasteiger charge is -2.21. The van der Waals surface area contributed by atoms with Gasteiger partial charge in [0.15, 0.2) is 0 Å². The molecule has 3 N–H and O–H groups in total. The van der Waals surface area contributed by atoms with Gasteiger partial charge >= 0.3 is 0 Å². The van der Waals surface area contributed by atoms with Crippen LogP contribution in [0.2, 0.25) is 0 Å². The standard InChI is InChI=1S/C13H21N3O2/c1-3-5-16(6-7-17)13(18)10-8-11(4-2)15-12(14)9-10/h8-9,17H,3-7H2,1-2H3,(H2,14,15). The number of aliphatic hydroxyl groups is 1. The molecule has 1 amide bonds. The number of aromatic nitrogens is 1. The first-order valence-corrected chi connectivity index (χ1v) is 6.28. The molecule has 0 bridgehead atoms. The highest BCUT2D eigenvalue weighted by atomic mass is 16.3. The molecule has 18 heavy (non-hydrogen) atoms. The summed E-state index contributed by atoms with van der Waals surface area (Å²) in [5.74, 6) is 0.257. The molecule has 0 aliphatic rings. The molecule has 0 fully saturated rings. The van der Waals surface area contributed by atoms with Crippen molar-refractivity contribution in [2.45, 2.75) is 26.7 Å². The molecule has 0 spiro atoms. The van der Waals surface area contributed by atoms with Crippen LogP contribution in [0.15, 0.2) is 12.1 Å². The Morgan fingerprint density at radius 1 is 1.39 bits per heavy atom. The molecule has 0 aliphatic carbocycles. The fourth-order valence-electron chi connectivity index (χ4n) is 1.80. The third-order valence-electron chi connectivity index (χ3n) is 2.66. The Balaban J connectivity index is 2.96. The minimum Gasteiger partial charge on any atom is -0.395 e. The molecule has 1 rings (SSSR count). The maximum atomic E-state index is 12.3. The summed E-state index contributed by atoms with van der Waals surface area (Å²) >= 11 is 0. The topological polar surface area (TPSA) is 79.5 Å². The van der Waals surface area contributed by atoms with E-state index in [-0.39, 0.29) is 12.5 Å². The zero-order valence-electron chi connectivity index (χ0n) is 11.0. The minimum atomic E-state index is -0.102. The summed E-state index contributed by atoms with van der Waals surface area (Å²) in [6.45, 7) is 4.90. The van der Waals surface area contributed by atoms with Crippen molar-refractivity contribution in [1.29, 1.82) is 0 Å². The van der Waals surface area contributed by atoms with Gasteiger partial charge in [-0.3, -0.25) is 4.79 Å². The Morgan fingerprint density at radius 2 is 2.11 bits per heavy atom. The van der Waals surface area contributed by atoms with Crippen LogP contribution in [0.1, 0.15) is 36.3 Å². The number of amides is 1. The molecule has 100 valence electrons. The molecule has 1 heterocycles. The number of carbonyl (C=O) groups excluding carboxylic acids is 1. The average Bonchev–Trinajstić information content (AvgIpc) is 2.36. The number of anilines is 1. The second-order valence-corrected chi connectivity index (χ2v) is 4.14. The molecule has 0 atom stereocenters. The number of nitrogens with zero attached hydrogens (tertiary/aromatic N) is 2. The largest absolute Gasteiger partial charge is 0.395 e. The molecule has 0 aromatic carbocycles. The predicted molar refractivity (Wildman–Crippen MR) is 71.3 cm³/mol. The third kappa shape index (κ3) is 3.70. The van der Waals surface area contributed by atoms with E-state index in [2.05, 4.69) is 4.98 Å². The summed E-state index contributed by atoms with van der Waals surface area (Å²) in [6.07, 6.45) is 1.59. The zero-order chi connectivity index (χ0) is 13.5. The molecule has 5 nitrogen and oxygen atoms in total. The van der Waals surface area contributed by atoms with Crippen molar-refractivity contribution in [2.24, 2.45) is 0 Å². The van der Waals surface area contributed by atoms with E-state index < -0.39 is 0 Å². The van der Waals surface area contributed by atoms with Gasteiger partial charge in [0.1, 0.15) is 5.82 Å². The lowest BCUT2D eigenvalue weighted by molar-refractivity contribution is 0.0722. The number of nitrogens with two attached hydrogens (primary N) is 1. The Bertz CT molecular complexity index is 401. The van der Waals surface area contributed by atoms with Gasteiger partial charge in [0.25, 0.3) is 5.91 Å². The second-order valence-electron chi connectivity index (χ2n) is 4.14. The lowest BCUT2D eigenvalue weighted by atomic mass is 10.1. The van der Waals surface area contributed by atoms with Gasteiger partial charge in [-0.25, -0.2) is 4.98 Å². The number of pyridine rings is 1. The maximum absolute atomic E-state index is 12.3. The summed E-state index contributed by atoms with van der Waals surface area (Å²) in [7, 11) is 0. The van der Waals surface area contributed by atoms with Gasteiger partial charge in [-0.1, -0.05) is 13.8 Å². The van der Waals surface area contributed by atoms with Crippen LogP contribution in [0.3, 0.4) is 0 Å². The van der Waals surface area contributed by atoms with Crippen LogP contribution in [0.4, 0.5) is 5.82 Å². The summed E-state index contributed by atoms with van der Waals surface area (Å²) < 4.78 is 0. The van der Waals surface area contributed by atoms with Gasteiger partial charge in [-0.15, -0.1) is 0 Å². The molecular weight excluding hydrogens is 230 g/mol. The monoisotopic (exact) mass is 251 g/mol. The van der Waals surface area contributed by atoms with Crippen molar-refractivity contribution in [3.05, 3.63) is 23.4 Å². The number of hydrogen-bond acceptors (Lipinski definition) is 4. The van der Waals surface area contributed by atoms with E-state index in [0.717, 1.165) is 18.5 Å². The maximum Gasteiger partial charge on any atom is 0.254 e. The van der Waals surface area contributed by atoms with Crippen molar-refractivity contribution in [1.82, 2.24) is 9.88 Å². The van der Waals surface area contributed by atoms with Crippen molar-refractivity contribution in [3.63, 3.8) is 0 Å². The Morgan fingerprint density at radius 3 is 2.67 bits per heavy atom. The van der Waals surface area contributed by atoms with Crippen LogP contribution in [0, 0.1) is 0 Å². The normalized spacial score (nSPS) is 10.4. The van der Waals surface area contributed by atoms with E-state index in [9.17, 15) is 4.79 Å². The van der Waals surface area contributed by atoms with Gasteiger partial charge in [-0.05, 0) is 25.0 Å². The Labute approximate surface area is 108 Å². The quantitative estimate of drug-likeness (QED) is 0.792. The SMILES string of the molecule is CCCN(CCO)C(=O)c1cc(N)nc(CC)c1. The highest BCUT2D eigenvalue weighted by molar-refractivity contribution is 5.95. The lowest BCUT2D eigenvalue weighted by Crippen LogP contribution is -2.34. The number of nitrogen functional groups attached to an aromatic ring is 1. The molecule has 0 aliphatic heterocycles. The minimum absolute atomic E-state index is 0.0348. The second kappa shape index (κ2) is 6.96. The first-order valence-electron chi connectivity index (χ1n) is 6.28. The summed E-state index contributed by atoms with van der Waals surface area (Å²) in [6, 6.07) is 3.35. The molecule has 0 unspecified atom stereocenters. The van der Waals surface area contributed by atoms with E-state index >= 15 is 0 Å². The van der Waals surface area contributed by atoms with Gasteiger partial charge in [-0.2, -0.15) is 0 Å². The molecule has 0 radical (unpaired) electrons. The van der Waals surface area contributed by atoms with Crippen LogP contribution in [0.5, 0.6) is 0 Å². The summed E-state index contributed by atoms with van der Waals surface area (Å²) in [5.41, 5.74) is 7.04. The summed E-state index contributed by atoms with van der Waals surface area (Å²) in [5, 5.41) is 8.98. The van der Waals surface area contributed by atoms with Crippen LogP contribution >= 0.6 is 0 Å². The van der Waals surface area contributed by atoms with Crippen LogP contribution in [-0.4, -0.2) is 40.6 Å². The van der Waals surface area contributed by atoms with Crippen LogP contribution in [0.25, 0.3) is 0 Å². The zero-order valence-corrected chi connectivity index (χ0v) is 11.0. The molecular formula is C13H21N3O2. The Kier molecular flexibility index (Phi) is 5.58. The number of carbonyl (C=O) groups is 1. The Hall–Kier alpha value is -1.62. The average molecular weight is 251 g/mol.